The highest BCUT2D eigenvalue weighted by Crippen LogP contribution is 2.36. The molecule has 0 bridgehead atoms. The molecule has 0 saturated carbocycles. The van der Waals surface area contributed by atoms with E-state index in [1.54, 1.807) is 0 Å². The Labute approximate surface area is 127 Å². The Balaban J connectivity index is 1.89. The quantitative estimate of drug-likeness (QED) is 0.643. The van der Waals surface area contributed by atoms with Gasteiger partial charge in [0, 0.05) is 10.9 Å². The van der Waals surface area contributed by atoms with Crippen molar-refractivity contribution in [3.8, 4) is 0 Å². The molecule has 2 aromatic rings. The van der Waals surface area contributed by atoms with E-state index in [0.717, 1.165) is 35.9 Å². The molecule has 2 heterocycles. The van der Waals surface area contributed by atoms with Crippen LogP contribution in [-0.4, -0.2) is 18.3 Å². The molecule has 0 saturated heterocycles. The Morgan fingerprint density at radius 2 is 2.14 bits per heavy atom. The molecule has 0 aromatic carbocycles. The van der Waals surface area contributed by atoms with E-state index in [-0.39, 0.29) is 14.3 Å². The number of rotatable bonds is 4. The van der Waals surface area contributed by atoms with Gasteiger partial charge in [-0.15, -0.1) is 11.3 Å². The third-order valence-corrected chi connectivity index (χ3v) is 6.96. The fraction of sp³-hybridized carbons (Fsp3) is 0.300. The molecule has 0 spiro atoms. The fourth-order valence-electron chi connectivity index (χ4n) is 2.05. The van der Waals surface area contributed by atoms with Gasteiger partial charge in [-0.3, -0.25) is 14.8 Å². The average molecular weight is 346 g/mol. The monoisotopic (exact) mass is 346 g/mol. The van der Waals surface area contributed by atoms with Crippen molar-refractivity contribution in [1.82, 2.24) is 4.98 Å². The van der Waals surface area contributed by atoms with Crippen LogP contribution in [0.1, 0.15) is 17.0 Å². The number of nitrogens with zero attached hydrogens (tertiary/aromatic N) is 2. The lowest BCUT2D eigenvalue weighted by molar-refractivity contribution is -0.383. The van der Waals surface area contributed by atoms with Crippen molar-refractivity contribution in [2.75, 3.05) is 10.5 Å². The number of aryl methyl sites for hydroxylation is 2. The zero-order valence-electron chi connectivity index (χ0n) is 10.5. The molecule has 2 aromatic heterocycles. The molecule has 11 heteroatoms. The van der Waals surface area contributed by atoms with Crippen LogP contribution in [0.25, 0.3) is 0 Å². The first-order chi connectivity index (χ1) is 9.87. The number of nitrogen functional groups attached to an aromatic ring is 1. The Morgan fingerprint density at radius 3 is 2.76 bits per heavy atom. The SMILES string of the molecule is Nc1sc(S(=O)(=O)Nc2nc3c(s2)CCC3)cc1[N+](=O)[O-]. The Hall–Kier alpha value is -1.72. The number of hydrogen-bond acceptors (Lipinski definition) is 8. The third kappa shape index (κ3) is 2.59. The van der Waals surface area contributed by atoms with E-state index in [9.17, 15) is 18.5 Å². The van der Waals surface area contributed by atoms with Crippen molar-refractivity contribution in [3.05, 3.63) is 26.8 Å². The molecule has 0 amide bonds. The summed E-state index contributed by atoms with van der Waals surface area (Å²) < 4.78 is 26.6. The molecule has 0 radical (unpaired) electrons. The van der Waals surface area contributed by atoms with Crippen molar-refractivity contribution in [1.29, 1.82) is 0 Å². The minimum atomic E-state index is -3.90. The van der Waals surface area contributed by atoms with Gasteiger partial charge in [0.05, 0.1) is 10.6 Å². The molecule has 3 N–H and O–H groups in total. The summed E-state index contributed by atoms with van der Waals surface area (Å²) in [5, 5.41) is 10.9. The zero-order valence-corrected chi connectivity index (χ0v) is 13.0. The first-order valence-electron chi connectivity index (χ1n) is 5.92. The Kier molecular flexibility index (Phi) is 3.34. The number of thiophene rings is 1. The van der Waals surface area contributed by atoms with Gasteiger partial charge < -0.3 is 5.73 Å². The molecule has 0 fully saturated rings. The van der Waals surface area contributed by atoms with E-state index >= 15 is 0 Å². The lowest BCUT2D eigenvalue weighted by Crippen LogP contribution is -2.11. The summed E-state index contributed by atoms with van der Waals surface area (Å²) in [7, 11) is -3.90. The van der Waals surface area contributed by atoms with E-state index in [0.29, 0.717) is 11.3 Å². The first kappa shape index (κ1) is 14.2. The van der Waals surface area contributed by atoms with Gasteiger partial charge in [0.15, 0.2) is 10.1 Å². The highest BCUT2D eigenvalue weighted by molar-refractivity contribution is 7.95. The highest BCUT2D eigenvalue weighted by atomic mass is 32.2. The van der Waals surface area contributed by atoms with Crippen LogP contribution in [0.4, 0.5) is 15.8 Å². The second-order valence-corrected chi connectivity index (χ2v) is 8.50. The molecule has 112 valence electrons. The largest absolute Gasteiger partial charge is 0.385 e. The Bertz CT molecular complexity index is 802. The minimum Gasteiger partial charge on any atom is -0.385 e. The summed E-state index contributed by atoms with van der Waals surface area (Å²) in [5.41, 5.74) is 5.99. The lowest BCUT2D eigenvalue weighted by Gasteiger charge is -2.01. The van der Waals surface area contributed by atoms with Crippen LogP contribution < -0.4 is 10.5 Å². The highest BCUT2D eigenvalue weighted by Gasteiger charge is 2.26. The molecule has 1 aliphatic carbocycles. The normalized spacial score (nSPS) is 14.1. The number of nitrogens with one attached hydrogen (secondary N) is 1. The number of thiazole rings is 1. The van der Waals surface area contributed by atoms with Gasteiger partial charge in [0.25, 0.3) is 10.0 Å². The molecule has 8 nitrogen and oxygen atoms in total. The van der Waals surface area contributed by atoms with Crippen LogP contribution in [0.15, 0.2) is 10.3 Å². The summed E-state index contributed by atoms with van der Waals surface area (Å²) in [6.45, 7) is 0. The Morgan fingerprint density at radius 1 is 1.38 bits per heavy atom. The topological polar surface area (TPSA) is 128 Å². The van der Waals surface area contributed by atoms with Crippen molar-refractivity contribution < 1.29 is 13.3 Å². The van der Waals surface area contributed by atoms with E-state index in [2.05, 4.69) is 9.71 Å². The summed E-state index contributed by atoms with van der Waals surface area (Å²) in [6.07, 6.45) is 2.80. The number of aromatic nitrogens is 1. The van der Waals surface area contributed by atoms with Crippen LogP contribution in [-0.2, 0) is 22.9 Å². The molecule has 0 atom stereocenters. The van der Waals surface area contributed by atoms with E-state index in [4.69, 9.17) is 5.73 Å². The van der Waals surface area contributed by atoms with E-state index in [1.165, 1.54) is 11.3 Å². The maximum atomic E-state index is 12.2. The molecule has 21 heavy (non-hydrogen) atoms. The van der Waals surface area contributed by atoms with Crippen molar-refractivity contribution in [3.63, 3.8) is 0 Å². The standard InChI is InChI=1S/C10H10N4O4S3/c11-9-6(14(15)16)4-8(20-9)21(17,18)13-10-12-5-2-1-3-7(5)19-10/h4H,1-3,11H2,(H,12,13). The summed E-state index contributed by atoms with van der Waals surface area (Å²) >= 11 is 1.96. The van der Waals surface area contributed by atoms with Crippen LogP contribution >= 0.6 is 22.7 Å². The van der Waals surface area contributed by atoms with Gasteiger partial charge in [0.1, 0.15) is 4.21 Å². The van der Waals surface area contributed by atoms with Gasteiger partial charge in [-0.1, -0.05) is 11.3 Å². The number of anilines is 2. The molecule has 0 aliphatic heterocycles. The summed E-state index contributed by atoms with van der Waals surface area (Å²) in [6, 6.07) is 0.962. The second-order valence-electron chi connectivity index (χ2n) is 4.42. The maximum Gasteiger partial charge on any atom is 0.304 e. The van der Waals surface area contributed by atoms with Crippen LogP contribution in [0.3, 0.4) is 0 Å². The number of nitro groups is 1. The number of nitrogens with two attached hydrogens (primary N) is 1. The van der Waals surface area contributed by atoms with Crippen LogP contribution in [0.2, 0.25) is 0 Å². The van der Waals surface area contributed by atoms with E-state index < -0.39 is 20.6 Å². The number of sulfonamides is 1. The molecular formula is C10H10N4O4S3. The van der Waals surface area contributed by atoms with Gasteiger partial charge in [-0.05, 0) is 19.3 Å². The van der Waals surface area contributed by atoms with Gasteiger partial charge in [0.2, 0.25) is 0 Å². The maximum absolute atomic E-state index is 12.2. The van der Waals surface area contributed by atoms with Crippen molar-refractivity contribution in [2.24, 2.45) is 0 Å². The fourth-order valence-corrected chi connectivity index (χ4v) is 5.55. The van der Waals surface area contributed by atoms with Gasteiger partial charge in [-0.25, -0.2) is 13.4 Å². The second kappa shape index (κ2) is 4.93. The zero-order chi connectivity index (χ0) is 15.2. The third-order valence-electron chi connectivity index (χ3n) is 3.00. The summed E-state index contributed by atoms with van der Waals surface area (Å²) in [4.78, 5) is 15.3. The van der Waals surface area contributed by atoms with Crippen LogP contribution in [0, 0.1) is 10.1 Å². The minimum absolute atomic E-state index is 0.137. The van der Waals surface area contributed by atoms with Gasteiger partial charge in [-0.2, -0.15) is 0 Å². The average Bonchev–Trinajstić information content (AvgIpc) is 3.02. The van der Waals surface area contributed by atoms with Crippen molar-refractivity contribution in [2.45, 2.75) is 23.5 Å². The first-order valence-corrected chi connectivity index (χ1v) is 9.03. The lowest BCUT2D eigenvalue weighted by atomic mass is 10.4. The van der Waals surface area contributed by atoms with Crippen LogP contribution in [0.5, 0.6) is 0 Å². The van der Waals surface area contributed by atoms with Crippen molar-refractivity contribution >= 4 is 48.5 Å². The molecule has 0 unspecified atom stereocenters. The smallest absolute Gasteiger partial charge is 0.304 e. The van der Waals surface area contributed by atoms with E-state index in [1.807, 2.05) is 0 Å². The predicted molar refractivity (Wildman–Crippen MR) is 80.3 cm³/mol. The van der Waals surface area contributed by atoms with Gasteiger partial charge >= 0.3 is 5.69 Å². The predicted octanol–water partition coefficient (Wildman–Crippen LogP) is 1.98. The number of fused-ring (bicyclic) bond motifs is 1. The molecular weight excluding hydrogens is 336 g/mol. The number of hydrogen-bond donors (Lipinski definition) is 2. The molecule has 3 rings (SSSR count). The molecule has 1 aliphatic rings. The summed E-state index contributed by atoms with van der Waals surface area (Å²) in [5.74, 6) is 0.